The van der Waals surface area contributed by atoms with Crippen LogP contribution in [0, 0.1) is 6.92 Å². The number of carbonyl (C=O) groups excluding carboxylic acids is 2. The molecule has 0 bridgehead atoms. The van der Waals surface area contributed by atoms with Crippen LogP contribution in [0.2, 0.25) is 0 Å². The molecule has 0 amide bonds. The zero-order valence-corrected chi connectivity index (χ0v) is 12.1. The molecule has 0 N–H and O–H groups in total. The summed E-state index contributed by atoms with van der Waals surface area (Å²) >= 11 is 1.61. The number of fused-ring (bicyclic) bond motifs is 2. The van der Waals surface area contributed by atoms with E-state index in [0.29, 0.717) is 12.0 Å². The zero-order chi connectivity index (χ0) is 14.3. The number of thioether (sulfide) groups is 1. The highest BCUT2D eigenvalue weighted by Gasteiger charge is 2.32. The number of aryl methyl sites for hydroxylation is 1. The van der Waals surface area contributed by atoms with E-state index in [1.54, 1.807) is 11.8 Å². The van der Waals surface area contributed by atoms with Crippen molar-refractivity contribution in [1.82, 2.24) is 0 Å². The van der Waals surface area contributed by atoms with Crippen molar-refractivity contribution in [3.8, 4) is 0 Å². The Balaban J connectivity index is 2.00. The Labute approximate surface area is 121 Å². The van der Waals surface area contributed by atoms with Crippen molar-refractivity contribution < 1.29 is 14.3 Å². The van der Waals surface area contributed by atoms with E-state index < -0.39 is 0 Å². The van der Waals surface area contributed by atoms with Crippen LogP contribution >= 0.6 is 11.8 Å². The SMILES string of the molecule is COC(=O)C1=CC2Sc3ccc(C)cc3C(=O)C2=CC1. The number of ether oxygens (including phenoxy) is 1. The molecule has 1 unspecified atom stereocenters. The van der Waals surface area contributed by atoms with Crippen molar-refractivity contribution in [3.63, 3.8) is 0 Å². The lowest BCUT2D eigenvalue weighted by atomic mass is 9.92. The van der Waals surface area contributed by atoms with E-state index in [1.165, 1.54) is 7.11 Å². The average Bonchev–Trinajstić information content (AvgIpc) is 2.47. The minimum absolute atomic E-state index is 0.0765. The second-order valence-corrected chi connectivity index (χ2v) is 6.10. The van der Waals surface area contributed by atoms with Crippen LogP contribution < -0.4 is 0 Å². The molecule has 102 valence electrons. The number of rotatable bonds is 1. The van der Waals surface area contributed by atoms with Gasteiger partial charge in [0, 0.05) is 21.6 Å². The van der Waals surface area contributed by atoms with Crippen molar-refractivity contribution in [2.45, 2.75) is 23.5 Å². The molecule has 1 aliphatic heterocycles. The van der Waals surface area contributed by atoms with Gasteiger partial charge in [-0.25, -0.2) is 4.79 Å². The second kappa shape index (κ2) is 4.94. The lowest BCUT2D eigenvalue weighted by molar-refractivity contribution is -0.136. The minimum Gasteiger partial charge on any atom is -0.466 e. The molecule has 0 fully saturated rings. The summed E-state index contributed by atoms with van der Waals surface area (Å²) in [5, 5.41) is -0.0828. The van der Waals surface area contributed by atoms with Crippen LogP contribution in [-0.4, -0.2) is 24.1 Å². The number of hydrogen-bond acceptors (Lipinski definition) is 4. The highest BCUT2D eigenvalue weighted by Crippen LogP contribution is 2.41. The van der Waals surface area contributed by atoms with Crippen LogP contribution in [0.25, 0.3) is 0 Å². The summed E-state index contributed by atoms with van der Waals surface area (Å²) in [5.41, 5.74) is 3.25. The minimum atomic E-state index is -0.317. The summed E-state index contributed by atoms with van der Waals surface area (Å²) in [5.74, 6) is -0.240. The molecule has 20 heavy (non-hydrogen) atoms. The van der Waals surface area contributed by atoms with Crippen LogP contribution in [0.1, 0.15) is 22.3 Å². The Bertz CT molecular complexity index is 670. The number of methoxy groups -OCH3 is 1. The van der Waals surface area contributed by atoms with Gasteiger partial charge < -0.3 is 4.74 Å². The molecule has 0 saturated carbocycles. The van der Waals surface area contributed by atoms with Crippen molar-refractivity contribution in [1.29, 1.82) is 0 Å². The Morgan fingerprint density at radius 1 is 1.40 bits per heavy atom. The van der Waals surface area contributed by atoms with Crippen molar-refractivity contribution in [3.05, 3.63) is 52.6 Å². The maximum Gasteiger partial charge on any atom is 0.333 e. The molecule has 0 aromatic heterocycles. The number of ketones is 1. The molecule has 2 aliphatic rings. The Morgan fingerprint density at radius 2 is 2.20 bits per heavy atom. The molecule has 4 heteroatoms. The topological polar surface area (TPSA) is 43.4 Å². The first-order valence-electron chi connectivity index (χ1n) is 6.41. The lowest BCUT2D eigenvalue weighted by Gasteiger charge is -2.27. The largest absolute Gasteiger partial charge is 0.466 e. The second-order valence-electron chi connectivity index (χ2n) is 4.91. The Hall–Kier alpha value is -1.81. The normalized spacial score (nSPS) is 20.5. The summed E-state index contributed by atoms with van der Waals surface area (Å²) in [6, 6.07) is 5.91. The maximum atomic E-state index is 12.5. The number of benzene rings is 1. The van der Waals surface area contributed by atoms with Gasteiger partial charge in [0.05, 0.1) is 12.4 Å². The first kappa shape index (κ1) is 13.2. The van der Waals surface area contributed by atoms with E-state index in [-0.39, 0.29) is 17.0 Å². The molecular weight excluding hydrogens is 272 g/mol. The summed E-state index contributed by atoms with van der Waals surface area (Å²) in [4.78, 5) is 25.1. The molecule has 0 spiro atoms. The third kappa shape index (κ3) is 2.10. The summed E-state index contributed by atoms with van der Waals surface area (Å²) in [6.45, 7) is 1.98. The highest BCUT2D eigenvalue weighted by atomic mass is 32.2. The molecule has 0 radical (unpaired) electrons. The monoisotopic (exact) mass is 286 g/mol. The van der Waals surface area contributed by atoms with E-state index in [9.17, 15) is 9.59 Å². The van der Waals surface area contributed by atoms with Gasteiger partial charge in [0.25, 0.3) is 0 Å². The Kier molecular flexibility index (Phi) is 3.26. The fourth-order valence-corrected chi connectivity index (χ4v) is 3.76. The molecule has 1 aliphatic carbocycles. The molecule has 3 rings (SSSR count). The highest BCUT2D eigenvalue weighted by molar-refractivity contribution is 8.00. The third-order valence-electron chi connectivity index (χ3n) is 3.54. The number of allylic oxidation sites excluding steroid dienone is 1. The van der Waals surface area contributed by atoms with Gasteiger partial charge in [0.15, 0.2) is 5.78 Å². The standard InChI is InChI=1S/C16H14O3S/c1-9-3-6-13-12(7-9)15(17)11-5-4-10(16(18)19-2)8-14(11)20-13/h3,5-8,14H,4H2,1-2H3. The van der Waals surface area contributed by atoms with E-state index in [0.717, 1.165) is 21.6 Å². The molecule has 1 aromatic carbocycles. The average molecular weight is 286 g/mol. The molecule has 1 heterocycles. The molecular formula is C16H14O3S. The fraction of sp³-hybridized carbons (Fsp3) is 0.250. The van der Waals surface area contributed by atoms with Gasteiger partial charge in [0.2, 0.25) is 0 Å². The van der Waals surface area contributed by atoms with Crippen molar-refractivity contribution >= 4 is 23.5 Å². The summed E-state index contributed by atoms with van der Waals surface area (Å²) in [7, 11) is 1.37. The molecule has 1 atom stereocenters. The van der Waals surface area contributed by atoms with Gasteiger partial charge >= 0.3 is 5.97 Å². The van der Waals surface area contributed by atoms with Gasteiger partial charge in [-0.3, -0.25) is 4.79 Å². The summed E-state index contributed by atoms with van der Waals surface area (Å²) < 4.78 is 4.75. The predicted molar refractivity (Wildman–Crippen MR) is 78.0 cm³/mol. The number of carbonyl (C=O) groups is 2. The molecule has 1 aromatic rings. The van der Waals surface area contributed by atoms with E-state index in [2.05, 4.69) is 0 Å². The third-order valence-corrected chi connectivity index (χ3v) is 4.80. The maximum absolute atomic E-state index is 12.5. The lowest BCUT2D eigenvalue weighted by Crippen LogP contribution is -2.24. The van der Waals surface area contributed by atoms with E-state index in [4.69, 9.17) is 4.74 Å². The van der Waals surface area contributed by atoms with Crippen LogP contribution in [-0.2, 0) is 9.53 Å². The van der Waals surface area contributed by atoms with Crippen LogP contribution in [0.15, 0.2) is 46.4 Å². The molecule has 3 nitrogen and oxygen atoms in total. The number of hydrogen-bond donors (Lipinski definition) is 0. The van der Waals surface area contributed by atoms with Gasteiger partial charge in [-0.15, -0.1) is 11.8 Å². The van der Waals surface area contributed by atoms with Crippen LogP contribution in [0.5, 0.6) is 0 Å². The predicted octanol–water partition coefficient (Wildman–Crippen LogP) is 3.08. The van der Waals surface area contributed by atoms with E-state index >= 15 is 0 Å². The Morgan fingerprint density at radius 3 is 2.95 bits per heavy atom. The van der Waals surface area contributed by atoms with Crippen LogP contribution in [0.4, 0.5) is 0 Å². The quantitative estimate of drug-likeness (QED) is 0.744. The number of esters is 1. The first-order valence-corrected chi connectivity index (χ1v) is 7.29. The first-order chi connectivity index (χ1) is 9.60. The van der Waals surface area contributed by atoms with Gasteiger partial charge in [-0.1, -0.05) is 23.8 Å². The van der Waals surface area contributed by atoms with Gasteiger partial charge in [-0.05, 0) is 25.5 Å². The fourth-order valence-electron chi connectivity index (χ4n) is 2.49. The van der Waals surface area contributed by atoms with Gasteiger partial charge in [-0.2, -0.15) is 0 Å². The van der Waals surface area contributed by atoms with E-state index in [1.807, 2.05) is 37.3 Å². The summed E-state index contributed by atoms with van der Waals surface area (Å²) in [6.07, 6.45) is 4.18. The van der Waals surface area contributed by atoms with Crippen LogP contribution in [0.3, 0.4) is 0 Å². The van der Waals surface area contributed by atoms with Gasteiger partial charge in [0.1, 0.15) is 0 Å². The molecule has 0 saturated heterocycles. The van der Waals surface area contributed by atoms with Crippen molar-refractivity contribution in [2.24, 2.45) is 0 Å². The smallest absolute Gasteiger partial charge is 0.333 e. The van der Waals surface area contributed by atoms with Crippen molar-refractivity contribution in [2.75, 3.05) is 7.11 Å². The zero-order valence-electron chi connectivity index (χ0n) is 11.3. The number of Topliss-reactive ketones (excluding diaryl/α,β-unsaturated/α-hetero) is 1.